The molecule has 1 atom stereocenters. The summed E-state index contributed by atoms with van der Waals surface area (Å²) in [6.45, 7) is 2.14. The first-order valence-corrected chi connectivity index (χ1v) is 4.31. The highest BCUT2D eigenvalue weighted by molar-refractivity contribution is 6.18. The highest BCUT2D eigenvalue weighted by Crippen LogP contribution is 1.98. The van der Waals surface area contributed by atoms with Crippen LogP contribution in [0.15, 0.2) is 12.2 Å². The predicted octanol–water partition coefficient (Wildman–Crippen LogP) is 2.30. The lowest BCUT2D eigenvalue weighted by Gasteiger charge is -2.04. The van der Waals surface area contributed by atoms with Crippen molar-refractivity contribution in [3.8, 4) is 0 Å². The summed E-state index contributed by atoms with van der Waals surface area (Å²) in [5.74, 6) is 0.596. The van der Waals surface area contributed by atoms with E-state index in [0.29, 0.717) is 11.9 Å². The average molecular weight is 162 g/mol. The van der Waals surface area contributed by atoms with Crippen molar-refractivity contribution in [3.63, 3.8) is 0 Å². The van der Waals surface area contributed by atoms with Gasteiger partial charge in [-0.2, -0.15) is 0 Å². The van der Waals surface area contributed by atoms with Crippen LogP contribution in [0.5, 0.6) is 0 Å². The fourth-order valence-corrected chi connectivity index (χ4v) is 0.949. The second-order valence-corrected chi connectivity index (χ2v) is 2.72. The minimum absolute atomic E-state index is 0.324. The van der Waals surface area contributed by atoms with Gasteiger partial charge in [0.05, 0.1) is 0 Å². The highest BCUT2D eigenvalue weighted by atomic mass is 35.5. The number of rotatable bonds is 5. The molecule has 0 aromatic carbocycles. The molecule has 0 aliphatic heterocycles. The molecule has 0 bridgehead atoms. The molecule has 0 saturated heterocycles. The summed E-state index contributed by atoms with van der Waals surface area (Å²) in [5, 5.41) is 0. The van der Waals surface area contributed by atoms with Crippen molar-refractivity contribution in [2.24, 2.45) is 5.73 Å². The van der Waals surface area contributed by atoms with Gasteiger partial charge in [-0.25, -0.2) is 0 Å². The van der Waals surface area contributed by atoms with Crippen molar-refractivity contribution in [2.45, 2.75) is 32.2 Å². The molecular formula is C8H16ClN. The Morgan fingerprint density at radius 2 is 2.20 bits per heavy atom. The van der Waals surface area contributed by atoms with Crippen LogP contribution in [0.4, 0.5) is 0 Å². The minimum Gasteiger partial charge on any atom is -0.327 e. The van der Waals surface area contributed by atoms with Crippen LogP contribution in [-0.2, 0) is 0 Å². The summed E-state index contributed by atoms with van der Waals surface area (Å²) in [4.78, 5) is 0. The molecule has 0 saturated carbocycles. The molecule has 0 aromatic rings. The monoisotopic (exact) mass is 161 g/mol. The van der Waals surface area contributed by atoms with Gasteiger partial charge in [0.1, 0.15) is 0 Å². The SMILES string of the molecule is CCCC(N)CC=CCCl. The van der Waals surface area contributed by atoms with Gasteiger partial charge in [0.15, 0.2) is 0 Å². The number of alkyl halides is 1. The Kier molecular flexibility index (Phi) is 7.09. The van der Waals surface area contributed by atoms with E-state index in [1.165, 1.54) is 0 Å². The Balaban J connectivity index is 3.20. The zero-order valence-corrected chi connectivity index (χ0v) is 7.27. The molecule has 0 fully saturated rings. The quantitative estimate of drug-likeness (QED) is 0.486. The minimum atomic E-state index is 0.324. The van der Waals surface area contributed by atoms with Crippen LogP contribution in [0.25, 0.3) is 0 Å². The van der Waals surface area contributed by atoms with E-state index in [-0.39, 0.29) is 0 Å². The standard InChI is InChI=1S/C8H16ClN/c1-2-5-8(10)6-3-4-7-9/h3-4,8H,2,5-7,10H2,1H3. The van der Waals surface area contributed by atoms with Gasteiger partial charge in [0, 0.05) is 11.9 Å². The van der Waals surface area contributed by atoms with Crippen LogP contribution in [0.3, 0.4) is 0 Å². The maximum Gasteiger partial charge on any atom is 0.0404 e. The van der Waals surface area contributed by atoms with Gasteiger partial charge in [-0.1, -0.05) is 25.5 Å². The van der Waals surface area contributed by atoms with E-state index in [0.717, 1.165) is 19.3 Å². The van der Waals surface area contributed by atoms with Gasteiger partial charge >= 0.3 is 0 Å². The molecule has 0 radical (unpaired) electrons. The molecule has 0 amide bonds. The van der Waals surface area contributed by atoms with Crippen molar-refractivity contribution in [1.82, 2.24) is 0 Å². The van der Waals surface area contributed by atoms with Crippen molar-refractivity contribution < 1.29 is 0 Å². The Bertz CT molecular complexity index is 91.3. The van der Waals surface area contributed by atoms with Crippen LogP contribution in [0, 0.1) is 0 Å². The summed E-state index contributed by atoms with van der Waals surface area (Å²) in [7, 11) is 0. The maximum absolute atomic E-state index is 5.73. The lowest BCUT2D eigenvalue weighted by Crippen LogP contribution is -2.17. The van der Waals surface area contributed by atoms with Gasteiger partial charge in [-0.05, 0) is 12.8 Å². The Morgan fingerprint density at radius 3 is 2.70 bits per heavy atom. The Hall–Kier alpha value is -0.0100. The first-order valence-electron chi connectivity index (χ1n) is 3.77. The highest BCUT2D eigenvalue weighted by Gasteiger charge is 1.95. The van der Waals surface area contributed by atoms with E-state index in [4.69, 9.17) is 17.3 Å². The molecule has 2 N–H and O–H groups in total. The molecule has 0 aliphatic carbocycles. The second kappa shape index (κ2) is 7.10. The van der Waals surface area contributed by atoms with Crippen LogP contribution >= 0.6 is 11.6 Å². The molecular weight excluding hydrogens is 146 g/mol. The first-order chi connectivity index (χ1) is 4.81. The lowest BCUT2D eigenvalue weighted by molar-refractivity contribution is 0.610. The third-order valence-corrected chi connectivity index (χ3v) is 1.53. The summed E-state index contributed by atoms with van der Waals surface area (Å²) >= 11 is 5.43. The largest absolute Gasteiger partial charge is 0.327 e. The third-order valence-electron chi connectivity index (χ3n) is 1.35. The van der Waals surface area contributed by atoms with E-state index in [2.05, 4.69) is 6.92 Å². The van der Waals surface area contributed by atoms with Crippen molar-refractivity contribution in [3.05, 3.63) is 12.2 Å². The van der Waals surface area contributed by atoms with Gasteiger partial charge < -0.3 is 5.73 Å². The molecule has 0 aliphatic rings. The van der Waals surface area contributed by atoms with E-state index < -0.39 is 0 Å². The second-order valence-electron chi connectivity index (χ2n) is 2.41. The first kappa shape index (κ1) is 9.99. The zero-order chi connectivity index (χ0) is 7.82. The van der Waals surface area contributed by atoms with Gasteiger partial charge in [0.25, 0.3) is 0 Å². The number of allylic oxidation sites excluding steroid dienone is 1. The van der Waals surface area contributed by atoms with Crippen molar-refractivity contribution in [2.75, 3.05) is 5.88 Å². The summed E-state index contributed by atoms with van der Waals surface area (Å²) in [6.07, 6.45) is 7.22. The van der Waals surface area contributed by atoms with Gasteiger partial charge in [-0.15, -0.1) is 11.6 Å². The summed E-state index contributed by atoms with van der Waals surface area (Å²) < 4.78 is 0. The van der Waals surface area contributed by atoms with E-state index >= 15 is 0 Å². The van der Waals surface area contributed by atoms with E-state index in [1.807, 2.05) is 12.2 Å². The van der Waals surface area contributed by atoms with Crippen molar-refractivity contribution >= 4 is 11.6 Å². The van der Waals surface area contributed by atoms with Crippen molar-refractivity contribution in [1.29, 1.82) is 0 Å². The third kappa shape index (κ3) is 6.12. The zero-order valence-electron chi connectivity index (χ0n) is 6.52. The van der Waals surface area contributed by atoms with Crippen LogP contribution in [-0.4, -0.2) is 11.9 Å². The maximum atomic E-state index is 5.73. The van der Waals surface area contributed by atoms with E-state index in [9.17, 15) is 0 Å². The molecule has 0 spiro atoms. The summed E-state index contributed by atoms with van der Waals surface area (Å²) in [6, 6.07) is 0.324. The molecule has 10 heavy (non-hydrogen) atoms. The topological polar surface area (TPSA) is 26.0 Å². The lowest BCUT2D eigenvalue weighted by atomic mass is 10.1. The number of hydrogen-bond acceptors (Lipinski definition) is 1. The smallest absolute Gasteiger partial charge is 0.0404 e. The number of hydrogen-bond donors (Lipinski definition) is 1. The molecule has 0 aromatic heterocycles. The number of nitrogens with two attached hydrogens (primary N) is 1. The van der Waals surface area contributed by atoms with Crippen LogP contribution in [0.2, 0.25) is 0 Å². The Labute approximate surface area is 68.2 Å². The molecule has 1 unspecified atom stereocenters. The van der Waals surface area contributed by atoms with Gasteiger partial charge in [-0.3, -0.25) is 0 Å². The molecule has 60 valence electrons. The van der Waals surface area contributed by atoms with Crippen LogP contribution < -0.4 is 5.73 Å². The fraction of sp³-hybridized carbons (Fsp3) is 0.750. The molecule has 0 rings (SSSR count). The number of halogens is 1. The average Bonchev–Trinajstić information content (AvgIpc) is 1.89. The normalized spacial score (nSPS) is 14.3. The predicted molar refractivity (Wildman–Crippen MR) is 47.4 cm³/mol. The summed E-state index contributed by atoms with van der Waals surface area (Å²) in [5.41, 5.74) is 5.73. The molecule has 1 nitrogen and oxygen atoms in total. The van der Waals surface area contributed by atoms with E-state index in [1.54, 1.807) is 0 Å². The fourth-order valence-electron chi connectivity index (χ4n) is 0.823. The molecule has 0 heterocycles. The molecule has 2 heteroatoms. The van der Waals surface area contributed by atoms with Gasteiger partial charge in [0.2, 0.25) is 0 Å². The Morgan fingerprint density at radius 1 is 1.50 bits per heavy atom. The van der Waals surface area contributed by atoms with Crippen LogP contribution in [0.1, 0.15) is 26.2 Å².